The van der Waals surface area contributed by atoms with Crippen LogP contribution in [0.4, 0.5) is 0 Å². The zero-order valence-corrected chi connectivity index (χ0v) is 13.6. The largest absolute Gasteiger partial charge is 0.279 e. The Morgan fingerprint density at radius 1 is 0.909 bits per heavy atom. The summed E-state index contributed by atoms with van der Waals surface area (Å²) in [6.45, 7) is 7.77. The lowest BCUT2D eigenvalue weighted by Gasteiger charge is -2.12. The molecule has 2 heterocycles. The van der Waals surface area contributed by atoms with Gasteiger partial charge in [0.15, 0.2) is 0 Å². The molecule has 2 aliphatic rings. The van der Waals surface area contributed by atoms with Gasteiger partial charge in [-0.1, -0.05) is 7.43 Å². The smallest absolute Gasteiger partial charge is 0.260 e. The van der Waals surface area contributed by atoms with E-state index in [-0.39, 0.29) is 7.43 Å². The SMILES string of the molecule is C.CCN1CC[N+](C)=C1c1ccc(C2=[N+](C)CCN2C)cc1. The van der Waals surface area contributed by atoms with Gasteiger partial charge in [-0.25, -0.2) is 0 Å². The number of benzene rings is 1. The van der Waals surface area contributed by atoms with Crippen LogP contribution in [0, 0.1) is 0 Å². The average Bonchev–Trinajstić information content (AvgIpc) is 3.02. The topological polar surface area (TPSA) is 12.5 Å². The van der Waals surface area contributed by atoms with Crippen LogP contribution in [0.3, 0.4) is 0 Å². The van der Waals surface area contributed by atoms with Crippen molar-refractivity contribution in [2.45, 2.75) is 14.4 Å². The first-order valence-corrected chi connectivity index (χ1v) is 7.85. The van der Waals surface area contributed by atoms with Crippen molar-refractivity contribution < 1.29 is 9.15 Å². The molecular weight excluding hydrogens is 272 g/mol. The van der Waals surface area contributed by atoms with Crippen molar-refractivity contribution in [3.8, 4) is 0 Å². The van der Waals surface area contributed by atoms with Gasteiger partial charge >= 0.3 is 0 Å². The fourth-order valence-electron chi connectivity index (χ4n) is 3.45. The van der Waals surface area contributed by atoms with Gasteiger partial charge in [0.2, 0.25) is 0 Å². The first kappa shape index (κ1) is 16.5. The molecule has 3 rings (SSSR count). The van der Waals surface area contributed by atoms with E-state index in [1.165, 1.54) is 22.8 Å². The molecule has 0 bridgehead atoms. The number of rotatable bonds is 3. The molecule has 0 atom stereocenters. The molecule has 0 fully saturated rings. The van der Waals surface area contributed by atoms with Crippen molar-refractivity contribution in [3.05, 3.63) is 35.4 Å². The van der Waals surface area contributed by atoms with Gasteiger partial charge in [0.25, 0.3) is 11.7 Å². The van der Waals surface area contributed by atoms with Gasteiger partial charge in [-0.2, -0.15) is 0 Å². The molecule has 2 aliphatic heterocycles. The molecule has 120 valence electrons. The van der Waals surface area contributed by atoms with Crippen LogP contribution in [0.5, 0.6) is 0 Å². The number of hydrogen-bond acceptors (Lipinski definition) is 2. The third-order valence-electron chi connectivity index (χ3n) is 4.64. The summed E-state index contributed by atoms with van der Waals surface area (Å²) in [6.07, 6.45) is 0. The molecule has 4 nitrogen and oxygen atoms in total. The molecular formula is C18H30N4+2. The quantitative estimate of drug-likeness (QED) is 0.782. The minimum absolute atomic E-state index is 0. The van der Waals surface area contributed by atoms with Crippen molar-refractivity contribution in [1.29, 1.82) is 0 Å². The van der Waals surface area contributed by atoms with Gasteiger partial charge in [-0.3, -0.25) is 19.0 Å². The second kappa shape index (κ2) is 6.51. The average molecular weight is 302 g/mol. The molecule has 0 saturated heterocycles. The maximum absolute atomic E-state index is 2.45. The molecule has 1 aromatic carbocycles. The van der Waals surface area contributed by atoms with Crippen LogP contribution in [0.25, 0.3) is 0 Å². The summed E-state index contributed by atoms with van der Waals surface area (Å²) in [5.74, 6) is 2.70. The van der Waals surface area contributed by atoms with E-state index in [2.05, 4.69) is 71.3 Å². The second-order valence-corrected chi connectivity index (χ2v) is 6.07. The number of likely N-dealkylation sites (N-methyl/N-ethyl adjacent to an activating group) is 4. The lowest BCUT2D eigenvalue weighted by Crippen LogP contribution is -2.30. The van der Waals surface area contributed by atoms with Crippen LogP contribution in [0.15, 0.2) is 24.3 Å². The van der Waals surface area contributed by atoms with E-state index in [4.69, 9.17) is 0 Å². The third kappa shape index (κ3) is 2.74. The molecule has 0 saturated carbocycles. The zero-order chi connectivity index (χ0) is 15.0. The van der Waals surface area contributed by atoms with Gasteiger partial charge in [0.1, 0.15) is 26.2 Å². The Hall–Kier alpha value is -1.84. The first-order valence-electron chi connectivity index (χ1n) is 7.85. The Labute approximate surface area is 135 Å². The van der Waals surface area contributed by atoms with E-state index >= 15 is 0 Å². The van der Waals surface area contributed by atoms with Crippen LogP contribution in [0.2, 0.25) is 0 Å². The summed E-state index contributed by atoms with van der Waals surface area (Å²) >= 11 is 0. The molecule has 0 aliphatic carbocycles. The highest BCUT2D eigenvalue weighted by atomic mass is 15.3. The molecule has 0 radical (unpaired) electrons. The van der Waals surface area contributed by atoms with E-state index in [9.17, 15) is 0 Å². The van der Waals surface area contributed by atoms with E-state index in [1.54, 1.807) is 0 Å². The minimum atomic E-state index is 0. The highest BCUT2D eigenvalue weighted by molar-refractivity contribution is 5.99. The maximum atomic E-state index is 2.45. The van der Waals surface area contributed by atoms with Crippen molar-refractivity contribution in [2.24, 2.45) is 0 Å². The lowest BCUT2D eigenvalue weighted by molar-refractivity contribution is -0.486. The number of amidine groups is 2. The highest BCUT2D eigenvalue weighted by Crippen LogP contribution is 2.14. The Morgan fingerprint density at radius 3 is 1.91 bits per heavy atom. The van der Waals surface area contributed by atoms with Crippen molar-refractivity contribution in [2.75, 3.05) is 53.9 Å². The minimum Gasteiger partial charge on any atom is -0.260 e. The molecule has 4 heteroatoms. The number of hydrogen-bond donors (Lipinski definition) is 0. The van der Waals surface area contributed by atoms with E-state index in [0.29, 0.717) is 0 Å². The molecule has 0 N–H and O–H groups in total. The molecule has 0 unspecified atom stereocenters. The predicted molar refractivity (Wildman–Crippen MR) is 93.4 cm³/mol. The van der Waals surface area contributed by atoms with Crippen molar-refractivity contribution >= 4 is 11.7 Å². The van der Waals surface area contributed by atoms with E-state index in [0.717, 1.165) is 32.7 Å². The van der Waals surface area contributed by atoms with Gasteiger partial charge in [0, 0.05) is 0 Å². The summed E-state index contributed by atoms with van der Waals surface area (Å²) in [7, 11) is 6.53. The summed E-state index contributed by atoms with van der Waals surface area (Å²) in [4.78, 5) is 4.79. The fourth-order valence-corrected chi connectivity index (χ4v) is 3.45. The summed E-state index contributed by atoms with van der Waals surface area (Å²) in [5, 5.41) is 0. The summed E-state index contributed by atoms with van der Waals surface area (Å²) in [5.41, 5.74) is 2.63. The molecule has 0 spiro atoms. The standard InChI is InChI=1S/C17H26N4.CH4/c1-5-21-13-12-20(4)17(21)15-8-6-14(7-9-15)16-18(2)10-11-19(16)3;/h6-9H,5,10-13H2,1-4H3;1H4/q+2;. The van der Waals surface area contributed by atoms with Crippen molar-refractivity contribution in [1.82, 2.24) is 9.80 Å². The zero-order valence-electron chi connectivity index (χ0n) is 13.6. The third-order valence-corrected chi connectivity index (χ3v) is 4.64. The molecule has 0 aromatic heterocycles. The normalized spacial score (nSPS) is 18.4. The van der Waals surface area contributed by atoms with Gasteiger partial charge in [-0.05, 0) is 31.2 Å². The fraction of sp³-hybridized carbons (Fsp3) is 0.556. The van der Waals surface area contributed by atoms with Gasteiger partial charge in [-0.15, -0.1) is 0 Å². The maximum Gasteiger partial charge on any atom is 0.279 e. The summed E-state index contributed by atoms with van der Waals surface area (Å²) in [6, 6.07) is 9.05. The Balaban J connectivity index is 0.00000176. The van der Waals surface area contributed by atoms with Crippen LogP contribution >= 0.6 is 0 Å². The van der Waals surface area contributed by atoms with Crippen LogP contribution in [-0.2, 0) is 0 Å². The van der Waals surface area contributed by atoms with E-state index < -0.39 is 0 Å². The van der Waals surface area contributed by atoms with Crippen LogP contribution < -0.4 is 0 Å². The highest BCUT2D eigenvalue weighted by Gasteiger charge is 2.30. The second-order valence-electron chi connectivity index (χ2n) is 6.07. The summed E-state index contributed by atoms with van der Waals surface area (Å²) < 4.78 is 4.70. The lowest BCUT2D eigenvalue weighted by atomic mass is 10.1. The van der Waals surface area contributed by atoms with Gasteiger partial charge < -0.3 is 0 Å². The molecule has 1 aromatic rings. The van der Waals surface area contributed by atoms with Crippen molar-refractivity contribution in [3.63, 3.8) is 0 Å². The van der Waals surface area contributed by atoms with Gasteiger partial charge in [0.05, 0.1) is 38.8 Å². The number of nitrogens with zero attached hydrogens (tertiary/aromatic N) is 4. The Morgan fingerprint density at radius 2 is 1.41 bits per heavy atom. The van der Waals surface area contributed by atoms with Crippen LogP contribution in [0.1, 0.15) is 25.5 Å². The van der Waals surface area contributed by atoms with Crippen LogP contribution in [-0.4, -0.2) is 84.5 Å². The molecule has 22 heavy (non-hydrogen) atoms. The Bertz CT molecular complexity index is 598. The monoisotopic (exact) mass is 302 g/mol. The Kier molecular flexibility index (Phi) is 4.89. The first-order chi connectivity index (χ1) is 10.1. The predicted octanol–water partition coefficient (Wildman–Crippen LogP) is 1.38. The molecule has 0 amide bonds. The van der Waals surface area contributed by atoms with E-state index in [1.807, 2.05) is 0 Å².